The van der Waals surface area contributed by atoms with Crippen molar-refractivity contribution in [2.75, 3.05) is 25.6 Å². The van der Waals surface area contributed by atoms with Crippen molar-refractivity contribution in [1.29, 1.82) is 0 Å². The molecule has 0 spiro atoms. The first-order chi connectivity index (χ1) is 7.69. The number of ether oxygens (including phenoxy) is 1. The second-order valence-electron chi connectivity index (χ2n) is 3.14. The summed E-state index contributed by atoms with van der Waals surface area (Å²) in [5.74, 6) is 0.444. The van der Waals surface area contributed by atoms with Gasteiger partial charge in [-0.1, -0.05) is 0 Å². The third kappa shape index (κ3) is 3.09. The highest BCUT2D eigenvalue weighted by Crippen LogP contribution is 2.28. The summed E-state index contributed by atoms with van der Waals surface area (Å²) in [6.45, 7) is 0.542. The molecule has 0 heterocycles. The molecule has 1 rings (SSSR count). The van der Waals surface area contributed by atoms with Crippen LogP contribution in [0.5, 0.6) is 5.75 Å². The van der Waals surface area contributed by atoms with Gasteiger partial charge in [-0.25, -0.2) is 0 Å². The summed E-state index contributed by atoms with van der Waals surface area (Å²) in [6, 6.07) is 4.60. The van der Waals surface area contributed by atoms with Crippen molar-refractivity contribution < 1.29 is 14.8 Å². The Morgan fingerprint density at radius 1 is 1.56 bits per heavy atom. The number of aliphatic hydroxyl groups excluding tert-OH is 1. The van der Waals surface area contributed by atoms with Crippen molar-refractivity contribution in [2.24, 2.45) is 0 Å². The van der Waals surface area contributed by atoms with E-state index >= 15 is 0 Å². The minimum Gasteiger partial charge on any atom is -0.496 e. The fraction of sp³-hybridized carbons (Fsp3) is 0.400. The van der Waals surface area contributed by atoms with Crippen LogP contribution in [0.25, 0.3) is 0 Å². The van der Waals surface area contributed by atoms with Crippen molar-refractivity contribution >= 4 is 11.4 Å². The van der Waals surface area contributed by atoms with Crippen LogP contribution in [0.2, 0.25) is 0 Å². The molecular weight excluding hydrogens is 212 g/mol. The average molecular weight is 226 g/mol. The van der Waals surface area contributed by atoms with E-state index in [2.05, 4.69) is 5.32 Å². The van der Waals surface area contributed by atoms with Gasteiger partial charge in [-0.3, -0.25) is 10.1 Å². The minimum absolute atomic E-state index is 0.0303. The van der Waals surface area contributed by atoms with Gasteiger partial charge >= 0.3 is 0 Å². The smallest absolute Gasteiger partial charge is 0.296 e. The summed E-state index contributed by atoms with van der Waals surface area (Å²) in [7, 11) is 1.46. The van der Waals surface area contributed by atoms with Crippen LogP contribution in [0.4, 0.5) is 11.4 Å². The number of nitrogens with zero attached hydrogens (tertiary/aromatic N) is 1. The highest BCUT2D eigenvalue weighted by Gasteiger charge is 2.14. The number of hydrogen-bond donors (Lipinski definition) is 2. The lowest BCUT2D eigenvalue weighted by atomic mass is 10.2. The molecule has 0 aliphatic rings. The van der Waals surface area contributed by atoms with Crippen LogP contribution in [-0.2, 0) is 0 Å². The largest absolute Gasteiger partial charge is 0.496 e. The molecule has 6 nitrogen and oxygen atoms in total. The first-order valence-corrected chi connectivity index (χ1v) is 4.86. The zero-order valence-electron chi connectivity index (χ0n) is 8.97. The molecule has 0 aliphatic carbocycles. The highest BCUT2D eigenvalue weighted by atomic mass is 16.6. The number of methoxy groups -OCH3 is 1. The first kappa shape index (κ1) is 12.3. The molecule has 2 N–H and O–H groups in total. The number of hydrogen-bond acceptors (Lipinski definition) is 5. The minimum atomic E-state index is -0.468. The van der Waals surface area contributed by atoms with Crippen LogP contribution in [0.1, 0.15) is 6.42 Å². The molecule has 0 radical (unpaired) electrons. The standard InChI is InChI=1S/C10H14N2O4/c1-16-8-3-4-9(11-5-2-6-13)10(7-8)12(14)15/h3-4,7,11,13H,2,5-6H2,1H3. The normalized spacial score (nSPS) is 9.88. The van der Waals surface area contributed by atoms with E-state index in [4.69, 9.17) is 9.84 Å². The molecule has 0 atom stereocenters. The topological polar surface area (TPSA) is 84.6 Å². The van der Waals surface area contributed by atoms with Gasteiger partial charge < -0.3 is 15.2 Å². The summed E-state index contributed by atoms with van der Waals surface area (Å²) >= 11 is 0. The van der Waals surface area contributed by atoms with E-state index in [9.17, 15) is 10.1 Å². The van der Waals surface area contributed by atoms with Crippen molar-refractivity contribution in [3.05, 3.63) is 28.3 Å². The van der Waals surface area contributed by atoms with Crippen molar-refractivity contribution in [2.45, 2.75) is 6.42 Å². The Kier molecular flexibility index (Phi) is 4.53. The zero-order chi connectivity index (χ0) is 12.0. The van der Waals surface area contributed by atoms with Gasteiger partial charge in [0.1, 0.15) is 11.4 Å². The fourth-order valence-electron chi connectivity index (χ4n) is 1.24. The molecule has 0 aromatic heterocycles. The second kappa shape index (κ2) is 5.92. The summed E-state index contributed by atoms with van der Waals surface area (Å²) in [5, 5.41) is 22.3. The molecule has 0 amide bonds. The molecule has 0 aliphatic heterocycles. The Hall–Kier alpha value is -1.82. The Morgan fingerprint density at radius 2 is 2.31 bits per heavy atom. The number of nitrogens with one attached hydrogen (secondary N) is 1. The number of benzene rings is 1. The second-order valence-corrected chi connectivity index (χ2v) is 3.14. The Labute approximate surface area is 93.0 Å². The zero-order valence-corrected chi connectivity index (χ0v) is 8.97. The van der Waals surface area contributed by atoms with Crippen molar-refractivity contribution in [1.82, 2.24) is 0 Å². The third-order valence-electron chi connectivity index (χ3n) is 2.05. The summed E-state index contributed by atoms with van der Waals surface area (Å²) in [4.78, 5) is 10.3. The molecule has 1 aromatic carbocycles. The quantitative estimate of drug-likeness (QED) is 0.435. The van der Waals surface area contributed by atoms with E-state index in [-0.39, 0.29) is 12.3 Å². The van der Waals surface area contributed by atoms with E-state index in [0.29, 0.717) is 24.4 Å². The van der Waals surface area contributed by atoms with Crippen LogP contribution in [0, 0.1) is 10.1 Å². The monoisotopic (exact) mass is 226 g/mol. The van der Waals surface area contributed by atoms with Gasteiger partial charge in [0, 0.05) is 13.2 Å². The molecule has 88 valence electrons. The molecule has 0 unspecified atom stereocenters. The van der Waals surface area contributed by atoms with Crippen molar-refractivity contribution in [3.63, 3.8) is 0 Å². The average Bonchev–Trinajstić information content (AvgIpc) is 2.29. The molecule has 16 heavy (non-hydrogen) atoms. The molecule has 6 heteroatoms. The van der Waals surface area contributed by atoms with Gasteiger partial charge in [0.2, 0.25) is 0 Å². The molecule has 0 bridgehead atoms. The van der Waals surface area contributed by atoms with Gasteiger partial charge in [-0.2, -0.15) is 0 Å². The maximum Gasteiger partial charge on any atom is 0.296 e. The first-order valence-electron chi connectivity index (χ1n) is 4.86. The lowest BCUT2D eigenvalue weighted by molar-refractivity contribution is -0.384. The summed E-state index contributed by atoms with van der Waals surface area (Å²) < 4.78 is 4.91. The number of nitro groups is 1. The molecule has 1 aromatic rings. The van der Waals surface area contributed by atoms with Crippen LogP contribution < -0.4 is 10.1 Å². The van der Waals surface area contributed by atoms with Crippen LogP contribution in [0.3, 0.4) is 0 Å². The van der Waals surface area contributed by atoms with Gasteiger partial charge in [-0.15, -0.1) is 0 Å². The number of anilines is 1. The Bertz CT molecular complexity index is 368. The lowest BCUT2D eigenvalue weighted by Crippen LogP contribution is -2.05. The summed E-state index contributed by atoms with van der Waals surface area (Å²) in [6.07, 6.45) is 0.545. The van der Waals surface area contributed by atoms with E-state index in [1.54, 1.807) is 12.1 Å². The summed E-state index contributed by atoms with van der Waals surface area (Å²) in [5.41, 5.74) is 0.400. The number of rotatable bonds is 6. The Balaban J connectivity index is 2.85. The predicted octanol–water partition coefficient (Wildman–Crippen LogP) is 1.40. The van der Waals surface area contributed by atoms with Crippen LogP contribution in [-0.4, -0.2) is 30.3 Å². The highest BCUT2D eigenvalue weighted by molar-refractivity contribution is 5.63. The molecule has 0 saturated carbocycles. The predicted molar refractivity (Wildman–Crippen MR) is 59.8 cm³/mol. The van der Waals surface area contributed by atoms with Gasteiger partial charge in [0.15, 0.2) is 0 Å². The van der Waals surface area contributed by atoms with Crippen LogP contribution >= 0.6 is 0 Å². The van der Waals surface area contributed by atoms with E-state index in [1.165, 1.54) is 13.2 Å². The third-order valence-corrected chi connectivity index (χ3v) is 2.05. The van der Waals surface area contributed by atoms with E-state index in [1.807, 2.05) is 0 Å². The van der Waals surface area contributed by atoms with Crippen LogP contribution in [0.15, 0.2) is 18.2 Å². The fourth-order valence-corrected chi connectivity index (χ4v) is 1.24. The maximum absolute atomic E-state index is 10.8. The molecule has 0 fully saturated rings. The van der Waals surface area contributed by atoms with Gasteiger partial charge in [-0.05, 0) is 18.6 Å². The van der Waals surface area contributed by atoms with Crippen molar-refractivity contribution in [3.8, 4) is 5.75 Å². The SMILES string of the molecule is COc1ccc(NCCCO)c([N+](=O)[O-])c1. The number of nitro benzene ring substituents is 1. The van der Waals surface area contributed by atoms with Gasteiger partial charge in [0.25, 0.3) is 5.69 Å². The maximum atomic E-state index is 10.8. The van der Waals surface area contributed by atoms with E-state index in [0.717, 1.165) is 0 Å². The van der Waals surface area contributed by atoms with Gasteiger partial charge in [0.05, 0.1) is 18.1 Å². The lowest BCUT2D eigenvalue weighted by Gasteiger charge is -2.07. The molecule has 0 saturated heterocycles. The van der Waals surface area contributed by atoms with E-state index < -0.39 is 4.92 Å². The molecular formula is C10H14N2O4. The Morgan fingerprint density at radius 3 is 2.88 bits per heavy atom. The number of aliphatic hydroxyl groups is 1.